The average Bonchev–Trinajstić information content (AvgIpc) is 3.13. The fourth-order valence-electron chi connectivity index (χ4n) is 3.61. The summed E-state index contributed by atoms with van der Waals surface area (Å²) in [5, 5.41) is 8.60. The van der Waals surface area contributed by atoms with Crippen molar-refractivity contribution in [2.75, 3.05) is 37.8 Å². The average molecular weight is 441 g/mol. The maximum atomic E-state index is 13.1. The summed E-state index contributed by atoms with van der Waals surface area (Å²) >= 11 is 1.26. The molecule has 0 spiro atoms. The number of hydrogen-bond donors (Lipinski definition) is 1. The molecule has 3 aromatic rings. The van der Waals surface area contributed by atoms with Gasteiger partial charge in [-0.3, -0.25) is 9.69 Å². The van der Waals surface area contributed by atoms with Crippen molar-refractivity contribution in [3.05, 3.63) is 65.5 Å². The number of piperazine rings is 1. The van der Waals surface area contributed by atoms with Gasteiger partial charge in [-0.15, -0.1) is 10.2 Å². The quantitative estimate of drug-likeness (QED) is 0.469. The molecular weight excluding hydrogens is 415 g/mol. The van der Waals surface area contributed by atoms with Gasteiger partial charge in [-0.2, -0.15) is 0 Å². The van der Waals surface area contributed by atoms with Gasteiger partial charge in [-0.1, -0.05) is 41.6 Å². The van der Waals surface area contributed by atoms with E-state index in [1.807, 2.05) is 4.90 Å². The Morgan fingerprint density at radius 3 is 2.55 bits per heavy atom. The topological polar surface area (TPSA) is 80.3 Å². The molecule has 31 heavy (non-hydrogen) atoms. The number of amides is 1. The summed E-state index contributed by atoms with van der Waals surface area (Å²) in [6.07, 6.45) is 0. The van der Waals surface area contributed by atoms with E-state index in [0.29, 0.717) is 29.6 Å². The lowest BCUT2D eigenvalue weighted by molar-refractivity contribution is -0.130. The van der Waals surface area contributed by atoms with Crippen LogP contribution in [0, 0.1) is 12.7 Å². The predicted molar refractivity (Wildman–Crippen MR) is 119 cm³/mol. The highest BCUT2D eigenvalue weighted by atomic mass is 32.2. The number of carbonyl (C=O) groups excluding carboxylic acids is 1. The molecule has 0 atom stereocenters. The Morgan fingerprint density at radius 1 is 1.10 bits per heavy atom. The molecule has 0 radical (unpaired) electrons. The fraction of sp³-hybridized carbons (Fsp3) is 0.318. The van der Waals surface area contributed by atoms with Gasteiger partial charge in [-0.25, -0.2) is 9.07 Å². The van der Waals surface area contributed by atoms with E-state index < -0.39 is 0 Å². The van der Waals surface area contributed by atoms with Crippen molar-refractivity contribution >= 4 is 17.7 Å². The van der Waals surface area contributed by atoms with Crippen molar-refractivity contribution in [2.45, 2.75) is 18.6 Å². The lowest BCUT2D eigenvalue weighted by atomic mass is 10.1. The molecule has 4 rings (SSSR count). The second kappa shape index (κ2) is 9.49. The van der Waals surface area contributed by atoms with E-state index >= 15 is 0 Å². The minimum absolute atomic E-state index is 0.0616. The normalized spacial score (nSPS) is 14.7. The summed E-state index contributed by atoms with van der Waals surface area (Å²) < 4.78 is 14.5. The van der Waals surface area contributed by atoms with Crippen LogP contribution in [-0.4, -0.2) is 62.5 Å². The van der Waals surface area contributed by atoms with Gasteiger partial charge in [0.15, 0.2) is 5.82 Å². The molecule has 1 aliphatic rings. The Hall–Kier alpha value is -2.91. The van der Waals surface area contributed by atoms with Crippen molar-refractivity contribution in [1.29, 1.82) is 0 Å². The van der Waals surface area contributed by atoms with Crippen LogP contribution in [0.2, 0.25) is 0 Å². The summed E-state index contributed by atoms with van der Waals surface area (Å²) in [5.41, 5.74) is 3.23. The summed E-state index contributed by atoms with van der Waals surface area (Å²) in [4.78, 5) is 16.9. The van der Waals surface area contributed by atoms with Crippen molar-refractivity contribution in [3.8, 4) is 11.4 Å². The highest BCUT2D eigenvalue weighted by Crippen LogP contribution is 2.22. The van der Waals surface area contributed by atoms with Gasteiger partial charge in [0.1, 0.15) is 5.82 Å². The zero-order chi connectivity index (χ0) is 21.8. The van der Waals surface area contributed by atoms with Gasteiger partial charge < -0.3 is 10.7 Å². The second-order valence-electron chi connectivity index (χ2n) is 7.62. The molecule has 1 amide bonds. The van der Waals surface area contributed by atoms with Crippen molar-refractivity contribution in [3.63, 3.8) is 0 Å². The number of nitrogens with zero attached hydrogens (tertiary/aromatic N) is 5. The first-order valence-electron chi connectivity index (χ1n) is 10.1. The monoisotopic (exact) mass is 440 g/mol. The molecule has 0 bridgehead atoms. The van der Waals surface area contributed by atoms with E-state index in [9.17, 15) is 9.18 Å². The number of benzene rings is 2. The lowest BCUT2D eigenvalue weighted by Crippen LogP contribution is -2.48. The van der Waals surface area contributed by atoms with Gasteiger partial charge in [0, 0.05) is 38.3 Å². The number of aryl methyl sites for hydroxylation is 1. The predicted octanol–water partition coefficient (Wildman–Crippen LogP) is 2.54. The Kier molecular flexibility index (Phi) is 6.53. The number of aromatic nitrogens is 3. The Bertz CT molecular complexity index is 1050. The molecule has 0 unspecified atom stereocenters. The Labute approximate surface area is 185 Å². The van der Waals surface area contributed by atoms with Crippen LogP contribution in [0.1, 0.15) is 11.1 Å². The van der Waals surface area contributed by atoms with Crippen LogP contribution in [0.25, 0.3) is 11.4 Å². The third kappa shape index (κ3) is 5.23. The number of halogens is 1. The molecule has 1 aliphatic heterocycles. The van der Waals surface area contributed by atoms with Gasteiger partial charge in [-0.05, 0) is 36.8 Å². The molecule has 0 saturated carbocycles. The first-order valence-corrected chi connectivity index (χ1v) is 11.1. The van der Waals surface area contributed by atoms with E-state index in [2.05, 4.69) is 46.3 Å². The molecule has 0 aliphatic carbocycles. The number of hydrogen-bond acceptors (Lipinski definition) is 6. The summed E-state index contributed by atoms with van der Waals surface area (Å²) in [6.45, 7) is 6.13. The molecule has 1 aromatic heterocycles. The van der Waals surface area contributed by atoms with Gasteiger partial charge in [0.05, 0.1) is 5.75 Å². The molecule has 7 nitrogen and oxygen atoms in total. The zero-order valence-electron chi connectivity index (χ0n) is 17.4. The van der Waals surface area contributed by atoms with Gasteiger partial charge in [0.25, 0.3) is 0 Å². The van der Waals surface area contributed by atoms with Gasteiger partial charge >= 0.3 is 0 Å². The summed E-state index contributed by atoms with van der Waals surface area (Å²) in [6, 6.07) is 14.4. The Balaban J connectivity index is 1.27. The minimum Gasteiger partial charge on any atom is -0.339 e. The number of nitrogens with two attached hydrogens (primary N) is 1. The van der Waals surface area contributed by atoms with Crippen LogP contribution in [0.15, 0.2) is 53.7 Å². The van der Waals surface area contributed by atoms with Crippen molar-refractivity contribution in [1.82, 2.24) is 24.7 Å². The number of nitrogen functional groups attached to an aromatic ring is 1. The van der Waals surface area contributed by atoms with Crippen LogP contribution in [0.4, 0.5) is 4.39 Å². The second-order valence-corrected chi connectivity index (χ2v) is 8.56. The van der Waals surface area contributed by atoms with Crippen LogP contribution in [-0.2, 0) is 11.3 Å². The first kappa shape index (κ1) is 21.3. The van der Waals surface area contributed by atoms with Crippen molar-refractivity contribution in [2.24, 2.45) is 0 Å². The first-order chi connectivity index (χ1) is 15.0. The largest absolute Gasteiger partial charge is 0.339 e. The third-order valence-electron chi connectivity index (χ3n) is 5.31. The van der Waals surface area contributed by atoms with E-state index in [1.165, 1.54) is 39.7 Å². The summed E-state index contributed by atoms with van der Waals surface area (Å²) in [5.74, 6) is 6.50. The van der Waals surface area contributed by atoms with Crippen LogP contribution < -0.4 is 5.84 Å². The SMILES string of the molecule is Cc1cccc(CN2CCN(C(=O)CSc3nnc(-c4ccc(F)cc4)n3N)CC2)c1. The molecule has 9 heteroatoms. The van der Waals surface area contributed by atoms with E-state index in [4.69, 9.17) is 5.84 Å². The highest BCUT2D eigenvalue weighted by Gasteiger charge is 2.22. The number of carbonyl (C=O) groups is 1. The van der Waals surface area contributed by atoms with E-state index in [0.717, 1.165) is 19.6 Å². The zero-order valence-corrected chi connectivity index (χ0v) is 18.2. The molecule has 2 heterocycles. The molecule has 2 aromatic carbocycles. The maximum absolute atomic E-state index is 13.1. The van der Waals surface area contributed by atoms with Crippen molar-refractivity contribution < 1.29 is 9.18 Å². The lowest BCUT2D eigenvalue weighted by Gasteiger charge is -2.34. The minimum atomic E-state index is -0.328. The van der Waals surface area contributed by atoms with E-state index in [-0.39, 0.29) is 17.5 Å². The number of thioether (sulfide) groups is 1. The fourth-order valence-corrected chi connectivity index (χ4v) is 4.37. The Morgan fingerprint density at radius 2 is 1.84 bits per heavy atom. The van der Waals surface area contributed by atoms with Crippen LogP contribution in [0.5, 0.6) is 0 Å². The van der Waals surface area contributed by atoms with Gasteiger partial charge in [0.2, 0.25) is 11.1 Å². The smallest absolute Gasteiger partial charge is 0.233 e. The molecule has 162 valence electrons. The standard InChI is InChI=1S/C22H25FN6OS/c1-16-3-2-4-17(13-16)14-27-9-11-28(12-10-27)20(30)15-31-22-26-25-21(29(22)24)18-5-7-19(23)8-6-18/h2-8,13H,9-12,14-15,24H2,1H3. The molecule has 2 N–H and O–H groups in total. The molecular formula is C22H25FN6OS. The van der Waals surface area contributed by atoms with Crippen LogP contribution >= 0.6 is 11.8 Å². The third-order valence-corrected chi connectivity index (χ3v) is 6.23. The maximum Gasteiger partial charge on any atom is 0.233 e. The summed E-state index contributed by atoms with van der Waals surface area (Å²) in [7, 11) is 0. The van der Waals surface area contributed by atoms with Crippen LogP contribution in [0.3, 0.4) is 0 Å². The molecule has 1 fully saturated rings. The van der Waals surface area contributed by atoms with E-state index in [1.54, 1.807) is 12.1 Å². The number of rotatable bonds is 6. The highest BCUT2D eigenvalue weighted by molar-refractivity contribution is 7.99. The molecule has 1 saturated heterocycles.